The van der Waals surface area contributed by atoms with Crippen molar-refractivity contribution in [3.63, 3.8) is 0 Å². The summed E-state index contributed by atoms with van der Waals surface area (Å²) in [6.45, 7) is 14.0. The van der Waals surface area contributed by atoms with Crippen molar-refractivity contribution in [2.24, 2.45) is 29.6 Å². The lowest BCUT2D eigenvalue weighted by Gasteiger charge is -2.30. The molecule has 0 aromatic heterocycles. The second-order valence-corrected chi connectivity index (χ2v) is 45.8. The van der Waals surface area contributed by atoms with E-state index in [9.17, 15) is 109 Å². The van der Waals surface area contributed by atoms with Gasteiger partial charge in [0.15, 0.2) is 0 Å². The van der Waals surface area contributed by atoms with Crippen LogP contribution in [-0.2, 0) is 164 Å². The summed E-state index contributed by atoms with van der Waals surface area (Å²) in [6, 6.07) is -2.96. The summed E-state index contributed by atoms with van der Waals surface area (Å²) >= 11 is 0. The van der Waals surface area contributed by atoms with Crippen molar-refractivity contribution >= 4 is 125 Å². The van der Waals surface area contributed by atoms with E-state index in [1.807, 2.05) is 69.2 Å². The lowest BCUT2D eigenvalue weighted by Crippen LogP contribution is -2.30. The van der Waals surface area contributed by atoms with Crippen LogP contribution in [0.4, 0.5) is 0 Å². The SMILES string of the molecule is [B]C1CC(OP(=O)([O-])OCCCO)C(C(C)C)O1.[B]C1CC(OP(=O)([O-])OCCCOP(=O)([O-])OCCCO)C(C(C)C)O1.[B]C1CC(OP(=O)([O-])OCCCOP(=O)([O-])OCCCOP(=O)([O-])OCCCO)C(C(C)C)O1.[B]C1CC(OP(=O)([O-])OCCCOP(=O)([O-])OCCCOP(=O)([O-])[O-])C(C(C)C)O1.[B]C1CC(OP(=O)([O-])OCCCOP(C)(=O)[O-])C(C(C)C)O1. The van der Waals surface area contributed by atoms with Crippen LogP contribution >= 0.6 is 85.8 Å². The third kappa shape index (κ3) is 62.6. The Balaban J connectivity index is 0.000000825. The van der Waals surface area contributed by atoms with E-state index in [1.165, 1.54) is 0 Å². The molecule has 0 bridgehead atoms. The van der Waals surface area contributed by atoms with Gasteiger partial charge in [-0.2, -0.15) is 0 Å². The van der Waals surface area contributed by atoms with E-state index in [4.69, 9.17) is 110 Å². The van der Waals surface area contributed by atoms with Crippen LogP contribution in [0.1, 0.15) is 159 Å². The van der Waals surface area contributed by atoms with Crippen molar-refractivity contribution in [3.05, 3.63) is 0 Å². The fourth-order valence-corrected chi connectivity index (χ4v) is 20.1. The van der Waals surface area contributed by atoms with Gasteiger partial charge in [0, 0.05) is 56.5 Å². The first-order valence-electron chi connectivity index (χ1n) is 41.0. The Bertz CT molecular complexity index is 3660. The largest absolute Gasteiger partial charge is 0.790 e. The highest BCUT2D eigenvalue weighted by molar-refractivity contribution is 7.50. The van der Waals surface area contributed by atoms with Gasteiger partial charge in [-0.15, -0.1) is 0 Å². The molecule has 0 aliphatic carbocycles. The summed E-state index contributed by atoms with van der Waals surface area (Å²) in [6.07, 6.45) is -4.56. The molecule has 130 heavy (non-hydrogen) atoms. The molecule has 5 aliphatic rings. The van der Waals surface area contributed by atoms with Gasteiger partial charge in [0.2, 0.25) is 0 Å². The van der Waals surface area contributed by atoms with E-state index in [0.717, 1.165) is 6.66 Å². The van der Waals surface area contributed by atoms with Gasteiger partial charge in [-0.25, -0.2) is 0 Å². The van der Waals surface area contributed by atoms with Crippen molar-refractivity contribution < 1.29 is 238 Å². The zero-order chi connectivity index (χ0) is 99.4. The van der Waals surface area contributed by atoms with Gasteiger partial charge in [-0.1, -0.05) is 69.2 Å². The molecule has 5 fully saturated rings. The molecule has 25 unspecified atom stereocenters. The number of rotatable bonds is 63. The Kier molecular flexibility index (Phi) is 63.7. The zero-order valence-electron chi connectivity index (χ0n) is 73.9. The van der Waals surface area contributed by atoms with Gasteiger partial charge in [0.1, 0.15) is 46.8 Å². The lowest BCUT2D eigenvalue weighted by atomic mass is 9.94. The first-order valence-corrected chi connectivity index (χ1v) is 57.6. The first-order chi connectivity index (χ1) is 59.9. The molecule has 0 spiro atoms. The average molecular weight is 2090 g/mol. The smallest absolute Gasteiger partial charge is 0.268 e. The van der Waals surface area contributed by atoms with Crippen molar-refractivity contribution in [1.29, 1.82) is 0 Å². The van der Waals surface area contributed by atoms with Crippen LogP contribution in [0.3, 0.4) is 0 Å². The van der Waals surface area contributed by atoms with Crippen LogP contribution in [0.15, 0.2) is 0 Å². The molecule has 5 heterocycles. The molecular formula is C63H120B5O51P11-12. The second-order valence-electron chi connectivity index (χ2n) is 30.4. The summed E-state index contributed by atoms with van der Waals surface area (Å²) in [5.41, 5.74) is 0. The first kappa shape index (κ1) is 129. The lowest BCUT2D eigenvalue weighted by molar-refractivity contribution is -0.342. The minimum atomic E-state index is -5.13. The topological polar surface area (TPSA) is 756 Å². The van der Waals surface area contributed by atoms with E-state index in [0.29, 0.717) is 6.42 Å². The monoisotopic (exact) mass is 2090 g/mol. The maximum Gasteiger partial charge on any atom is 0.268 e. The van der Waals surface area contributed by atoms with Crippen LogP contribution < -0.4 is 58.7 Å². The molecule has 5 aliphatic heterocycles. The van der Waals surface area contributed by atoms with Crippen LogP contribution in [0.2, 0.25) is 0 Å². The fourth-order valence-electron chi connectivity index (χ4n) is 11.4. The van der Waals surface area contributed by atoms with Gasteiger partial charge in [0.05, 0.1) is 168 Å². The highest BCUT2D eigenvalue weighted by Gasteiger charge is 2.43. The Labute approximate surface area is 765 Å². The number of phosphoric ester groups is 10. The molecular weight excluding hydrogens is 1970 g/mol. The summed E-state index contributed by atoms with van der Waals surface area (Å²) < 4.78 is 246. The molecule has 67 heteroatoms. The van der Waals surface area contributed by atoms with Crippen LogP contribution in [0.5, 0.6) is 0 Å². The summed E-state index contributed by atoms with van der Waals surface area (Å²) in [5.74, 6) is 0.0993. The molecule has 0 aromatic rings. The normalized spacial score (nSPS) is 28.3. The summed E-state index contributed by atoms with van der Waals surface area (Å²) in [7, 11) is -21.9. The summed E-state index contributed by atoms with van der Waals surface area (Å²) in [5, 5.41) is 25.6. The van der Waals surface area contributed by atoms with Crippen LogP contribution in [-0.4, -0.2) is 271 Å². The van der Waals surface area contributed by atoms with E-state index in [2.05, 4.69) is 58.8 Å². The molecule has 51 nitrogen and oxygen atoms in total. The molecule has 5 saturated heterocycles. The molecule has 0 saturated carbocycles. The zero-order valence-corrected chi connectivity index (χ0v) is 83.8. The Morgan fingerprint density at radius 3 is 0.523 bits per heavy atom. The van der Waals surface area contributed by atoms with E-state index >= 15 is 0 Å². The number of hydrogen-bond donors (Lipinski definition) is 3. The van der Waals surface area contributed by atoms with Crippen molar-refractivity contribution in [3.8, 4) is 0 Å². The maximum atomic E-state index is 12.0. The van der Waals surface area contributed by atoms with Gasteiger partial charge in [0.25, 0.3) is 70.4 Å². The number of hydrogen-bond acceptors (Lipinski definition) is 51. The van der Waals surface area contributed by atoms with E-state index < -0.39 is 217 Å². The third-order valence-corrected chi connectivity index (χ3v) is 27.2. The minimum absolute atomic E-state index is 0.0129. The molecule has 3 N–H and O–H groups in total. The number of aliphatic hydroxyl groups excluding tert-OH is 3. The number of phosphoric acid groups is 10. The second kappa shape index (κ2) is 64.1. The Hall–Kier alpha value is 1.25. The van der Waals surface area contributed by atoms with Crippen LogP contribution in [0, 0.1) is 29.6 Å². The molecule has 760 valence electrons. The highest BCUT2D eigenvalue weighted by Crippen LogP contribution is 2.51. The number of aliphatic hydroxyl groups is 3. The molecule has 0 amide bonds. The predicted octanol–water partition coefficient (Wildman–Crippen LogP) is -0.480. The van der Waals surface area contributed by atoms with Gasteiger partial charge in [-0.3, -0.25) is 41.1 Å². The number of ether oxygens (including phenoxy) is 5. The van der Waals surface area contributed by atoms with E-state index in [1.54, 1.807) is 0 Å². The summed E-state index contributed by atoms with van der Waals surface area (Å²) in [4.78, 5) is 136. The highest BCUT2D eigenvalue weighted by atomic mass is 31.2. The van der Waals surface area contributed by atoms with Crippen molar-refractivity contribution in [1.82, 2.24) is 0 Å². The Morgan fingerprint density at radius 2 is 0.385 bits per heavy atom. The quantitative estimate of drug-likeness (QED) is 0.0393. The maximum absolute atomic E-state index is 12.0. The molecule has 25 atom stereocenters. The molecule has 10 radical (unpaired) electrons. The van der Waals surface area contributed by atoms with Gasteiger partial charge < -0.3 is 197 Å². The molecule has 5 rings (SSSR count). The van der Waals surface area contributed by atoms with Crippen LogP contribution in [0.25, 0.3) is 0 Å². The molecule has 0 aromatic carbocycles. The fraction of sp³-hybridized carbons (Fsp3) is 1.00. The average Bonchev–Trinajstić information content (AvgIpc) is 1.71. The Morgan fingerprint density at radius 1 is 0.246 bits per heavy atom. The van der Waals surface area contributed by atoms with Gasteiger partial charge >= 0.3 is 0 Å². The third-order valence-electron chi connectivity index (χ3n) is 16.9. The van der Waals surface area contributed by atoms with Crippen molar-refractivity contribution in [2.75, 3.05) is 126 Å². The van der Waals surface area contributed by atoms with Gasteiger partial charge in [-0.05, 0) is 119 Å². The van der Waals surface area contributed by atoms with Crippen molar-refractivity contribution in [2.45, 2.75) is 250 Å². The standard InChI is InChI=1S/C16H34BO14P3.C13H28BO13P3.C13H27BO10P2.C11H23BO8P2.C10H20BO6P/c1-13(2)16-14(12-15(17)30-16)31-34(23,24)29-11-5-10-28-33(21,22)27-9-4-8-26-32(19,20)25-7-3-6-18;1-10(2)13-11(9-12(14)26-13)27-30(20,21)25-8-4-7-24-29(18,19)23-6-3-5-22-28(15,16)17;1-10(2)13-11(9-12(14)23-13)24-26(18,19)22-8-4-7-21-25(16,17)20-6-3-5-15;1-8(2)11-9(7-10(12)19-11)20-22(15,16)18-6-4-5-17-21(3,13)14;1-7(2)10-8(6-9(11)16-10)17-18(13,14)15-5-3-4-12/h13-16,18H,3-12H2,1-2H3,(H,19,20)(H,21,22)(H,23,24);10-13H,3-9H2,1-2H3,(H,18,19)(H,20,21)(H2,15,16,17);10-13,15H,3-9H2,1-2H3,(H,16,17)(H,18,19);8-11H,4-7H2,1-3H3,(H,13,14)(H,15,16);7-10,12H,3-6H2,1-2H3,(H,13,14)/p-12. The van der Waals surface area contributed by atoms with E-state index in [-0.39, 0.29) is 192 Å². The predicted molar refractivity (Wildman–Crippen MR) is 435 cm³/mol. The minimum Gasteiger partial charge on any atom is -0.790 e.